The molecule has 0 atom stereocenters. The van der Waals surface area contributed by atoms with Gasteiger partial charge in [-0.15, -0.1) is 0 Å². The summed E-state index contributed by atoms with van der Waals surface area (Å²) in [7, 11) is -3.73. The van der Waals surface area contributed by atoms with Crippen LogP contribution >= 0.6 is 0 Å². The summed E-state index contributed by atoms with van der Waals surface area (Å²) in [6.45, 7) is 6.26. The van der Waals surface area contributed by atoms with E-state index in [-0.39, 0.29) is 5.03 Å². The molecule has 0 unspecified atom stereocenters. The van der Waals surface area contributed by atoms with Gasteiger partial charge in [-0.1, -0.05) is 0 Å². The average Bonchev–Trinajstić information content (AvgIpc) is 3.17. The molecule has 0 radical (unpaired) electrons. The van der Waals surface area contributed by atoms with Crippen molar-refractivity contribution in [3.05, 3.63) is 24.4 Å². The number of aromatic nitrogens is 4. The molecule has 2 aromatic rings. The minimum absolute atomic E-state index is 0.000435. The Bertz CT molecular complexity index is 778. The zero-order valence-electron chi connectivity index (χ0n) is 13.2. The average molecular weight is 336 g/mol. The Kier molecular flexibility index (Phi) is 4.20. The molecule has 3 rings (SSSR count). The molecule has 0 aromatic carbocycles. The molecule has 1 aliphatic rings. The van der Waals surface area contributed by atoms with Gasteiger partial charge in [-0.05, 0) is 26.7 Å². The van der Waals surface area contributed by atoms with Gasteiger partial charge in [-0.2, -0.15) is 8.42 Å². The van der Waals surface area contributed by atoms with Gasteiger partial charge in [0.1, 0.15) is 5.82 Å². The molecule has 124 valence electrons. The van der Waals surface area contributed by atoms with Gasteiger partial charge in [-0.25, -0.2) is 15.0 Å². The van der Waals surface area contributed by atoms with Crippen molar-refractivity contribution in [3.8, 4) is 0 Å². The van der Waals surface area contributed by atoms with Crippen LogP contribution in [0.1, 0.15) is 25.6 Å². The van der Waals surface area contributed by atoms with E-state index in [1.54, 1.807) is 11.5 Å². The van der Waals surface area contributed by atoms with E-state index in [1.165, 1.54) is 18.6 Å². The van der Waals surface area contributed by atoms with Crippen LogP contribution in [0.15, 0.2) is 23.6 Å². The first-order chi connectivity index (χ1) is 11.0. The quantitative estimate of drug-likeness (QED) is 0.887. The van der Waals surface area contributed by atoms with Crippen LogP contribution in [0.2, 0.25) is 0 Å². The lowest BCUT2D eigenvalue weighted by atomic mass is 10.4. The molecule has 0 amide bonds. The Balaban J connectivity index is 1.77. The van der Waals surface area contributed by atoms with Gasteiger partial charge >= 0.3 is 0 Å². The van der Waals surface area contributed by atoms with E-state index in [2.05, 4.69) is 24.6 Å². The third kappa shape index (κ3) is 3.29. The lowest BCUT2D eigenvalue weighted by Gasteiger charge is -2.14. The van der Waals surface area contributed by atoms with Crippen molar-refractivity contribution in [3.63, 3.8) is 0 Å². The van der Waals surface area contributed by atoms with Crippen LogP contribution in [0.25, 0.3) is 0 Å². The van der Waals surface area contributed by atoms with Gasteiger partial charge < -0.3 is 9.47 Å². The van der Waals surface area contributed by atoms with Crippen LogP contribution in [0.4, 0.5) is 11.6 Å². The molecule has 1 fully saturated rings. The number of rotatable bonds is 5. The summed E-state index contributed by atoms with van der Waals surface area (Å²) in [6.07, 6.45) is 6.77. The Morgan fingerprint density at radius 3 is 2.43 bits per heavy atom. The fourth-order valence-corrected chi connectivity index (χ4v) is 3.63. The van der Waals surface area contributed by atoms with Crippen LogP contribution in [0.3, 0.4) is 0 Å². The fraction of sp³-hybridized carbons (Fsp3) is 0.500. The maximum atomic E-state index is 12.4. The van der Waals surface area contributed by atoms with Crippen molar-refractivity contribution >= 4 is 21.7 Å². The second-order valence-electron chi connectivity index (χ2n) is 5.48. The normalized spacial score (nSPS) is 15.1. The molecule has 1 N–H and O–H groups in total. The molecule has 1 saturated heterocycles. The predicted octanol–water partition coefficient (Wildman–Crippen LogP) is 1.40. The molecule has 3 heterocycles. The molecular weight excluding hydrogens is 316 g/mol. The number of imidazole rings is 1. The van der Waals surface area contributed by atoms with E-state index in [9.17, 15) is 8.42 Å². The number of nitrogens with one attached hydrogen (secondary N) is 1. The Labute approximate surface area is 135 Å². The number of hydrogen-bond acceptors (Lipinski definition) is 6. The first-order valence-corrected chi connectivity index (χ1v) is 9.11. The molecule has 0 bridgehead atoms. The van der Waals surface area contributed by atoms with Gasteiger partial charge in [0, 0.05) is 25.8 Å². The van der Waals surface area contributed by atoms with Gasteiger partial charge in [0.05, 0.1) is 18.1 Å². The van der Waals surface area contributed by atoms with Gasteiger partial charge in [0.25, 0.3) is 10.0 Å². The number of anilines is 2. The zero-order valence-corrected chi connectivity index (χ0v) is 14.0. The van der Waals surface area contributed by atoms with Crippen molar-refractivity contribution in [2.75, 3.05) is 22.7 Å². The predicted molar refractivity (Wildman–Crippen MR) is 86.9 cm³/mol. The maximum absolute atomic E-state index is 12.4. The summed E-state index contributed by atoms with van der Waals surface area (Å²) in [6, 6.07) is 0. The molecule has 1 aliphatic heterocycles. The molecule has 9 heteroatoms. The summed E-state index contributed by atoms with van der Waals surface area (Å²) in [5.41, 5.74) is 0.330. The standard InChI is InChI=1S/C14H20N6O2S/c1-3-19-10-13(17-11(19)2)23(21,22)18-12-8-15-14(16-9-12)20-6-4-5-7-20/h8-10,18H,3-7H2,1-2H3. The molecule has 0 spiro atoms. The summed E-state index contributed by atoms with van der Waals surface area (Å²) in [4.78, 5) is 14.7. The largest absolute Gasteiger partial charge is 0.341 e. The summed E-state index contributed by atoms with van der Waals surface area (Å²) < 4.78 is 29.0. The first-order valence-electron chi connectivity index (χ1n) is 7.63. The third-order valence-corrected chi connectivity index (χ3v) is 5.10. The highest BCUT2D eigenvalue weighted by molar-refractivity contribution is 7.92. The SMILES string of the molecule is CCn1cc(S(=O)(=O)Nc2cnc(N3CCCC3)nc2)nc1C. The van der Waals surface area contributed by atoms with E-state index < -0.39 is 10.0 Å². The second-order valence-corrected chi connectivity index (χ2v) is 7.11. The van der Waals surface area contributed by atoms with E-state index in [4.69, 9.17) is 0 Å². The monoisotopic (exact) mass is 336 g/mol. The highest BCUT2D eigenvalue weighted by Gasteiger charge is 2.20. The summed E-state index contributed by atoms with van der Waals surface area (Å²) in [5, 5.41) is 0.000435. The van der Waals surface area contributed by atoms with Crippen molar-refractivity contribution < 1.29 is 8.42 Å². The Morgan fingerprint density at radius 1 is 1.22 bits per heavy atom. The second kappa shape index (κ2) is 6.15. The van der Waals surface area contributed by atoms with E-state index in [0.29, 0.717) is 24.0 Å². The molecular formula is C14H20N6O2S. The molecule has 0 saturated carbocycles. The fourth-order valence-electron chi connectivity index (χ4n) is 2.59. The zero-order chi connectivity index (χ0) is 16.4. The van der Waals surface area contributed by atoms with Crippen LogP contribution in [-0.4, -0.2) is 41.0 Å². The minimum atomic E-state index is -3.73. The number of hydrogen-bond donors (Lipinski definition) is 1. The summed E-state index contributed by atoms with van der Waals surface area (Å²) in [5.74, 6) is 1.30. The smallest absolute Gasteiger partial charge is 0.281 e. The Morgan fingerprint density at radius 2 is 1.87 bits per heavy atom. The van der Waals surface area contributed by atoms with Gasteiger partial charge in [0.2, 0.25) is 5.95 Å². The minimum Gasteiger partial charge on any atom is -0.341 e. The number of aryl methyl sites for hydroxylation is 2. The van der Waals surface area contributed by atoms with Crippen LogP contribution in [0.5, 0.6) is 0 Å². The van der Waals surface area contributed by atoms with E-state index in [0.717, 1.165) is 25.9 Å². The topological polar surface area (TPSA) is 93.0 Å². The third-order valence-electron chi connectivity index (χ3n) is 3.85. The molecule has 23 heavy (non-hydrogen) atoms. The maximum Gasteiger partial charge on any atom is 0.281 e. The van der Waals surface area contributed by atoms with Gasteiger partial charge in [0.15, 0.2) is 5.03 Å². The highest BCUT2D eigenvalue weighted by atomic mass is 32.2. The van der Waals surface area contributed by atoms with Crippen molar-refractivity contribution in [2.45, 2.75) is 38.3 Å². The van der Waals surface area contributed by atoms with Crippen molar-refractivity contribution in [2.24, 2.45) is 0 Å². The van der Waals surface area contributed by atoms with E-state index >= 15 is 0 Å². The van der Waals surface area contributed by atoms with Crippen LogP contribution in [-0.2, 0) is 16.6 Å². The van der Waals surface area contributed by atoms with Crippen LogP contribution in [0, 0.1) is 6.92 Å². The Hall–Kier alpha value is -2.16. The molecule has 0 aliphatic carbocycles. The summed E-state index contributed by atoms with van der Waals surface area (Å²) >= 11 is 0. The van der Waals surface area contributed by atoms with Crippen molar-refractivity contribution in [1.82, 2.24) is 19.5 Å². The van der Waals surface area contributed by atoms with Gasteiger partial charge in [-0.3, -0.25) is 4.72 Å². The molecule has 2 aromatic heterocycles. The molecule has 8 nitrogen and oxygen atoms in total. The number of sulfonamides is 1. The lowest BCUT2D eigenvalue weighted by molar-refractivity contribution is 0.598. The lowest BCUT2D eigenvalue weighted by Crippen LogP contribution is -2.20. The van der Waals surface area contributed by atoms with Crippen molar-refractivity contribution in [1.29, 1.82) is 0 Å². The number of nitrogens with zero attached hydrogens (tertiary/aromatic N) is 5. The first kappa shape index (κ1) is 15.7. The van der Waals surface area contributed by atoms with Crippen LogP contribution < -0.4 is 9.62 Å². The highest BCUT2D eigenvalue weighted by Crippen LogP contribution is 2.18. The van der Waals surface area contributed by atoms with E-state index in [1.807, 2.05) is 6.92 Å².